The van der Waals surface area contributed by atoms with Crippen LogP contribution in [0.1, 0.15) is 25.8 Å². The Morgan fingerprint density at radius 1 is 1.26 bits per heavy atom. The minimum absolute atomic E-state index is 0.0507. The number of ether oxygens (including phenoxy) is 3. The molecule has 2 aliphatic rings. The summed E-state index contributed by atoms with van der Waals surface area (Å²) < 4.78 is 15.5. The highest BCUT2D eigenvalue weighted by molar-refractivity contribution is 5.92. The van der Waals surface area contributed by atoms with E-state index in [9.17, 15) is 34.8 Å². The molecule has 1 aliphatic heterocycles. The second-order valence-electron chi connectivity index (χ2n) is 8.79. The van der Waals surface area contributed by atoms with Crippen molar-refractivity contribution >= 4 is 18.0 Å². The van der Waals surface area contributed by atoms with E-state index in [0.29, 0.717) is 11.3 Å². The molecule has 0 bridgehead atoms. The van der Waals surface area contributed by atoms with Crippen LogP contribution in [-0.2, 0) is 25.7 Å². The van der Waals surface area contributed by atoms with Crippen LogP contribution in [0.4, 0.5) is 4.79 Å². The zero-order valence-corrected chi connectivity index (χ0v) is 19.6. The Balaban J connectivity index is 1.68. The number of carbonyl (C=O) groups is 3. The first-order valence-corrected chi connectivity index (χ1v) is 11.0. The molecule has 12 nitrogen and oxygen atoms in total. The van der Waals surface area contributed by atoms with Gasteiger partial charge in [0.2, 0.25) is 5.91 Å². The van der Waals surface area contributed by atoms with Crippen molar-refractivity contribution in [2.24, 2.45) is 5.92 Å². The summed E-state index contributed by atoms with van der Waals surface area (Å²) in [7, 11) is 1.53. The number of aliphatic hydroxyl groups excluding tert-OH is 4. The lowest BCUT2D eigenvalue weighted by Crippen LogP contribution is -2.68. The van der Waals surface area contributed by atoms with Crippen molar-refractivity contribution in [2.75, 3.05) is 13.7 Å². The molecule has 6 atom stereocenters. The van der Waals surface area contributed by atoms with Crippen LogP contribution in [0.5, 0.6) is 5.75 Å². The van der Waals surface area contributed by atoms with Gasteiger partial charge >= 0.3 is 12.1 Å². The SMILES string of the molecule is COc1ccc(COC(=O)NC(C)C(=O)N[C@@H]2[C@H]3C(=C(O)C[C@@H](O)[C@@H]3O)C(=O)O[C@]2(C)CO)cc1. The predicted octanol–water partition coefficient (Wildman–Crippen LogP) is -0.344. The summed E-state index contributed by atoms with van der Waals surface area (Å²) in [6, 6.07) is 4.50. The van der Waals surface area contributed by atoms with E-state index in [2.05, 4.69) is 10.6 Å². The van der Waals surface area contributed by atoms with Gasteiger partial charge in [0.1, 0.15) is 24.2 Å². The number of fused-ring (bicyclic) bond motifs is 1. The van der Waals surface area contributed by atoms with E-state index >= 15 is 0 Å². The molecule has 1 heterocycles. The zero-order valence-electron chi connectivity index (χ0n) is 19.6. The van der Waals surface area contributed by atoms with E-state index in [-0.39, 0.29) is 18.6 Å². The summed E-state index contributed by atoms with van der Waals surface area (Å²) >= 11 is 0. The number of amides is 2. The van der Waals surface area contributed by atoms with Gasteiger partial charge in [-0.05, 0) is 31.5 Å². The molecule has 0 aromatic heterocycles. The van der Waals surface area contributed by atoms with Crippen LogP contribution < -0.4 is 15.4 Å². The number of cyclic esters (lactones) is 1. The fourth-order valence-electron chi connectivity index (χ4n) is 4.17. The van der Waals surface area contributed by atoms with Crippen molar-refractivity contribution in [1.29, 1.82) is 0 Å². The maximum atomic E-state index is 12.9. The summed E-state index contributed by atoms with van der Waals surface area (Å²) in [5, 5.41) is 45.8. The Labute approximate surface area is 201 Å². The highest BCUT2D eigenvalue weighted by Gasteiger charge is 2.57. The van der Waals surface area contributed by atoms with Gasteiger partial charge in [-0.1, -0.05) is 12.1 Å². The van der Waals surface area contributed by atoms with E-state index in [4.69, 9.17) is 14.2 Å². The topological polar surface area (TPSA) is 184 Å². The van der Waals surface area contributed by atoms with Crippen molar-refractivity contribution < 1.29 is 49.0 Å². The molecule has 1 saturated heterocycles. The van der Waals surface area contributed by atoms with E-state index < -0.39 is 66.1 Å². The van der Waals surface area contributed by atoms with Crippen molar-refractivity contribution in [3.8, 4) is 5.75 Å². The predicted molar refractivity (Wildman–Crippen MR) is 119 cm³/mol. The van der Waals surface area contributed by atoms with Gasteiger partial charge in [0.25, 0.3) is 0 Å². The highest BCUT2D eigenvalue weighted by atomic mass is 16.6. The van der Waals surface area contributed by atoms with Gasteiger partial charge in [-0.3, -0.25) is 4.79 Å². The minimum atomic E-state index is -1.67. The summed E-state index contributed by atoms with van der Waals surface area (Å²) in [4.78, 5) is 37.5. The van der Waals surface area contributed by atoms with E-state index in [1.54, 1.807) is 24.3 Å². The van der Waals surface area contributed by atoms with Gasteiger partial charge in [-0.25, -0.2) is 9.59 Å². The lowest BCUT2D eigenvalue weighted by molar-refractivity contribution is -0.182. The molecule has 35 heavy (non-hydrogen) atoms. The van der Waals surface area contributed by atoms with Crippen LogP contribution in [0.3, 0.4) is 0 Å². The number of methoxy groups -OCH3 is 1. The van der Waals surface area contributed by atoms with E-state index in [1.165, 1.54) is 21.0 Å². The quantitative estimate of drug-likeness (QED) is 0.274. The minimum Gasteiger partial charge on any atom is -0.512 e. The Hall–Kier alpha value is -3.35. The molecule has 1 unspecified atom stereocenters. The van der Waals surface area contributed by atoms with Gasteiger partial charge in [0.15, 0.2) is 5.60 Å². The smallest absolute Gasteiger partial charge is 0.408 e. The molecule has 12 heteroatoms. The van der Waals surface area contributed by atoms with Crippen LogP contribution in [0.15, 0.2) is 35.6 Å². The Kier molecular flexibility index (Phi) is 7.88. The van der Waals surface area contributed by atoms with E-state index in [1.807, 2.05) is 0 Å². The number of hydrogen-bond donors (Lipinski definition) is 6. The number of carbonyl (C=O) groups excluding carboxylic acids is 3. The number of nitrogens with one attached hydrogen (secondary N) is 2. The third-order valence-corrected chi connectivity index (χ3v) is 6.24. The molecule has 1 aromatic rings. The maximum absolute atomic E-state index is 12.9. The van der Waals surface area contributed by atoms with E-state index in [0.717, 1.165) is 0 Å². The largest absolute Gasteiger partial charge is 0.512 e. The van der Waals surface area contributed by atoms with Crippen molar-refractivity contribution in [2.45, 2.75) is 56.8 Å². The molecule has 0 spiro atoms. The summed E-state index contributed by atoms with van der Waals surface area (Å²) in [5.41, 5.74) is -1.25. The summed E-state index contributed by atoms with van der Waals surface area (Å²) in [6.45, 7) is 1.96. The number of esters is 1. The van der Waals surface area contributed by atoms with Crippen molar-refractivity contribution in [3.05, 3.63) is 41.2 Å². The molecule has 2 amide bonds. The van der Waals surface area contributed by atoms with Crippen LogP contribution >= 0.6 is 0 Å². The number of aliphatic hydroxyl groups is 4. The first kappa shape index (κ1) is 26.3. The third kappa shape index (κ3) is 5.50. The average molecular weight is 494 g/mol. The molecule has 1 aromatic carbocycles. The normalized spacial score (nSPS) is 28.9. The molecular formula is C23H30N2O10. The lowest BCUT2D eigenvalue weighted by atomic mass is 9.70. The second-order valence-corrected chi connectivity index (χ2v) is 8.79. The van der Waals surface area contributed by atoms with Gasteiger partial charge in [0.05, 0.1) is 37.5 Å². The van der Waals surface area contributed by atoms with Crippen LogP contribution in [0, 0.1) is 5.92 Å². The number of hydrogen-bond acceptors (Lipinski definition) is 10. The first-order chi connectivity index (χ1) is 16.5. The number of rotatable bonds is 7. The average Bonchev–Trinajstić information content (AvgIpc) is 2.82. The zero-order chi connectivity index (χ0) is 25.9. The van der Waals surface area contributed by atoms with Crippen LogP contribution in [-0.4, -0.2) is 82.0 Å². The number of alkyl carbamates (subject to hydrolysis) is 1. The highest BCUT2D eigenvalue weighted by Crippen LogP contribution is 2.41. The molecule has 1 fully saturated rings. The Morgan fingerprint density at radius 3 is 2.51 bits per heavy atom. The third-order valence-electron chi connectivity index (χ3n) is 6.24. The fourth-order valence-corrected chi connectivity index (χ4v) is 4.17. The second kappa shape index (κ2) is 10.5. The first-order valence-electron chi connectivity index (χ1n) is 11.0. The van der Waals surface area contributed by atoms with Gasteiger partial charge in [-0.2, -0.15) is 0 Å². The van der Waals surface area contributed by atoms with Gasteiger partial charge in [-0.15, -0.1) is 0 Å². The lowest BCUT2D eigenvalue weighted by Gasteiger charge is -2.49. The van der Waals surface area contributed by atoms with Crippen molar-refractivity contribution in [1.82, 2.24) is 10.6 Å². The Morgan fingerprint density at radius 2 is 1.91 bits per heavy atom. The standard InChI is InChI=1S/C23H30N2O10/c1-11(24-22(32)34-9-12-4-6-13(33-3)7-5-12)20(30)25-19-17-16(14(27)8-15(28)18(17)29)21(31)35-23(19,2)10-26/h4-7,11,15,17-19,26-29H,8-10H2,1-3H3,(H,24,32)(H,25,30)/t11?,15-,17+,18+,19-,23-/m1/s1. The number of benzene rings is 1. The monoisotopic (exact) mass is 494 g/mol. The molecule has 3 rings (SSSR count). The molecular weight excluding hydrogens is 464 g/mol. The maximum Gasteiger partial charge on any atom is 0.408 e. The molecule has 6 N–H and O–H groups in total. The van der Waals surface area contributed by atoms with Gasteiger partial charge < -0.3 is 45.3 Å². The fraction of sp³-hybridized carbons (Fsp3) is 0.522. The summed E-state index contributed by atoms with van der Waals surface area (Å²) in [5.74, 6) is -2.77. The summed E-state index contributed by atoms with van der Waals surface area (Å²) in [6.07, 6.45) is -4.16. The molecule has 192 valence electrons. The van der Waals surface area contributed by atoms with Crippen molar-refractivity contribution in [3.63, 3.8) is 0 Å². The van der Waals surface area contributed by atoms with Crippen LogP contribution in [0.2, 0.25) is 0 Å². The molecule has 0 saturated carbocycles. The Bertz CT molecular complexity index is 995. The molecule has 0 radical (unpaired) electrons. The molecule has 1 aliphatic carbocycles. The van der Waals surface area contributed by atoms with Gasteiger partial charge in [0, 0.05) is 12.3 Å². The van der Waals surface area contributed by atoms with Crippen LogP contribution in [0.25, 0.3) is 0 Å².